The summed E-state index contributed by atoms with van der Waals surface area (Å²) in [5, 5.41) is 11.4. The van der Waals surface area contributed by atoms with Crippen molar-refractivity contribution in [1.82, 2.24) is 5.32 Å². The Balaban J connectivity index is 2.27. The Morgan fingerprint density at radius 2 is 2.28 bits per heavy atom. The lowest BCUT2D eigenvalue weighted by atomic mass is 10.2. The first-order valence-electron chi connectivity index (χ1n) is 6.25. The van der Waals surface area contributed by atoms with Gasteiger partial charge in [0, 0.05) is 18.0 Å². The number of rotatable bonds is 8. The zero-order chi connectivity index (χ0) is 13.4. The van der Waals surface area contributed by atoms with Crippen LogP contribution in [0.3, 0.4) is 0 Å². The van der Waals surface area contributed by atoms with E-state index in [1.165, 1.54) is 10.4 Å². The van der Waals surface area contributed by atoms with Gasteiger partial charge in [-0.3, -0.25) is 4.79 Å². The molecule has 0 aliphatic heterocycles. The molecule has 0 saturated carbocycles. The van der Waals surface area contributed by atoms with Gasteiger partial charge in [-0.15, -0.1) is 11.3 Å². The molecule has 0 saturated heterocycles. The van der Waals surface area contributed by atoms with Crippen LogP contribution in [-0.2, 0) is 11.2 Å². The number of thiophene rings is 1. The van der Waals surface area contributed by atoms with Crippen molar-refractivity contribution in [2.45, 2.75) is 26.7 Å². The van der Waals surface area contributed by atoms with Crippen molar-refractivity contribution in [3.63, 3.8) is 0 Å². The summed E-state index contributed by atoms with van der Waals surface area (Å²) in [7, 11) is 0. The Labute approximate surface area is 112 Å². The maximum absolute atomic E-state index is 11.8. The molecule has 102 valence electrons. The van der Waals surface area contributed by atoms with Gasteiger partial charge in [-0.1, -0.05) is 6.92 Å². The van der Waals surface area contributed by atoms with Gasteiger partial charge < -0.3 is 15.2 Å². The van der Waals surface area contributed by atoms with E-state index in [4.69, 9.17) is 9.84 Å². The van der Waals surface area contributed by atoms with E-state index in [0.29, 0.717) is 19.8 Å². The van der Waals surface area contributed by atoms with Crippen LogP contribution in [0.15, 0.2) is 6.07 Å². The molecule has 0 aliphatic carbocycles. The zero-order valence-electron chi connectivity index (χ0n) is 11.0. The third kappa shape index (κ3) is 4.76. The van der Waals surface area contributed by atoms with Crippen molar-refractivity contribution in [3.8, 4) is 0 Å². The molecule has 2 N–H and O–H groups in total. The first-order valence-corrected chi connectivity index (χ1v) is 7.06. The van der Waals surface area contributed by atoms with E-state index in [9.17, 15) is 4.79 Å². The zero-order valence-corrected chi connectivity index (χ0v) is 11.8. The topological polar surface area (TPSA) is 58.6 Å². The summed E-state index contributed by atoms with van der Waals surface area (Å²) < 4.78 is 5.11. The average molecular weight is 271 g/mol. The Hall–Kier alpha value is -0.910. The second-order valence-corrected chi connectivity index (χ2v) is 5.15. The minimum absolute atomic E-state index is 0.00930. The number of ether oxygens (including phenoxy) is 1. The Morgan fingerprint density at radius 1 is 1.50 bits per heavy atom. The summed E-state index contributed by atoms with van der Waals surface area (Å²) in [5.41, 5.74) is 1.19. The fraction of sp³-hybridized carbons (Fsp3) is 0.615. The summed E-state index contributed by atoms with van der Waals surface area (Å²) in [6, 6.07) is 1.95. The number of aliphatic hydroxyl groups is 1. The molecular formula is C13H21NO3S. The maximum atomic E-state index is 11.8. The Morgan fingerprint density at radius 3 is 2.89 bits per heavy atom. The highest BCUT2D eigenvalue weighted by Gasteiger charge is 2.10. The molecule has 1 heterocycles. The lowest BCUT2D eigenvalue weighted by Gasteiger charge is -2.04. The van der Waals surface area contributed by atoms with E-state index in [0.717, 1.165) is 17.7 Å². The van der Waals surface area contributed by atoms with Gasteiger partial charge in [0.2, 0.25) is 0 Å². The van der Waals surface area contributed by atoms with Crippen molar-refractivity contribution < 1.29 is 14.6 Å². The second-order valence-electron chi connectivity index (χ2n) is 4.02. The van der Waals surface area contributed by atoms with Crippen molar-refractivity contribution in [1.29, 1.82) is 0 Å². The standard InChI is InChI=1S/C13H21NO3S/c1-3-11-10(2)9-12(18-11)13(16)14-5-4-7-17-8-6-15/h9,15H,3-8H2,1-2H3,(H,14,16). The predicted octanol–water partition coefficient (Wildman–Crippen LogP) is 1.75. The number of nitrogens with one attached hydrogen (secondary N) is 1. The molecule has 1 aromatic heterocycles. The van der Waals surface area contributed by atoms with Crippen LogP contribution >= 0.6 is 11.3 Å². The van der Waals surface area contributed by atoms with E-state index < -0.39 is 0 Å². The van der Waals surface area contributed by atoms with Gasteiger partial charge in [-0.2, -0.15) is 0 Å². The van der Waals surface area contributed by atoms with E-state index in [2.05, 4.69) is 12.2 Å². The number of amides is 1. The van der Waals surface area contributed by atoms with Crippen molar-refractivity contribution in [3.05, 3.63) is 21.4 Å². The van der Waals surface area contributed by atoms with Crippen LogP contribution in [0.5, 0.6) is 0 Å². The highest BCUT2D eigenvalue weighted by atomic mass is 32.1. The molecule has 4 nitrogen and oxygen atoms in total. The van der Waals surface area contributed by atoms with Crippen LogP contribution in [0.4, 0.5) is 0 Å². The molecule has 0 spiro atoms. The van der Waals surface area contributed by atoms with E-state index in [-0.39, 0.29) is 12.5 Å². The third-order valence-electron chi connectivity index (χ3n) is 2.55. The normalized spacial score (nSPS) is 10.6. The van der Waals surface area contributed by atoms with Crippen LogP contribution in [-0.4, -0.2) is 37.4 Å². The van der Waals surface area contributed by atoms with Crippen LogP contribution in [0.1, 0.15) is 33.5 Å². The number of aliphatic hydroxyl groups excluding tert-OH is 1. The number of hydrogen-bond donors (Lipinski definition) is 2. The second kappa shape index (κ2) is 8.24. The summed E-state index contributed by atoms with van der Waals surface area (Å²) in [5.74, 6) is -0.00930. The highest BCUT2D eigenvalue weighted by molar-refractivity contribution is 7.14. The van der Waals surface area contributed by atoms with Crippen LogP contribution in [0.2, 0.25) is 0 Å². The van der Waals surface area contributed by atoms with Gasteiger partial charge in [-0.05, 0) is 31.4 Å². The average Bonchev–Trinajstić information content (AvgIpc) is 2.74. The summed E-state index contributed by atoms with van der Waals surface area (Å²) >= 11 is 1.56. The fourth-order valence-corrected chi connectivity index (χ4v) is 2.64. The van der Waals surface area contributed by atoms with E-state index in [1.54, 1.807) is 11.3 Å². The fourth-order valence-electron chi connectivity index (χ4n) is 1.61. The van der Waals surface area contributed by atoms with Gasteiger partial charge in [0.15, 0.2) is 0 Å². The van der Waals surface area contributed by atoms with Crippen LogP contribution < -0.4 is 5.32 Å². The summed E-state index contributed by atoms with van der Waals surface area (Å²) in [6.07, 6.45) is 1.73. The molecule has 5 heteroatoms. The molecule has 0 atom stereocenters. The van der Waals surface area contributed by atoms with Gasteiger partial charge in [0.25, 0.3) is 5.91 Å². The lowest BCUT2D eigenvalue weighted by molar-refractivity contribution is 0.0869. The highest BCUT2D eigenvalue weighted by Crippen LogP contribution is 2.22. The van der Waals surface area contributed by atoms with Crippen LogP contribution in [0.25, 0.3) is 0 Å². The Kier molecular flexibility index (Phi) is 6.93. The first-order chi connectivity index (χ1) is 8.69. The van der Waals surface area contributed by atoms with E-state index >= 15 is 0 Å². The summed E-state index contributed by atoms with van der Waals surface area (Å²) in [6.45, 7) is 5.69. The van der Waals surface area contributed by atoms with Crippen molar-refractivity contribution in [2.75, 3.05) is 26.4 Å². The molecule has 0 aromatic carbocycles. The number of hydrogen-bond acceptors (Lipinski definition) is 4. The van der Waals surface area contributed by atoms with Gasteiger partial charge >= 0.3 is 0 Å². The molecular weight excluding hydrogens is 250 g/mol. The molecule has 0 unspecified atom stereocenters. The summed E-state index contributed by atoms with van der Waals surface area (Å²) in [4.78, 5) is 13.9. The third-order valence-corrected chi connectivity index (χ3v) is 3.93. The van der Waals surface area contributed by atoms with Gasteiger partial charge in [0.1, 0.15) is 0 Å². The Bertz CT molecular complexity index is 376. The SMILES string of the molecule is CCc1sc(C(=O)NCCCOCCO)cc1C. The molecule has 1 aromatic rings. The number of carbonyl (C=O) groups excluding carboxylic acids is 1. The molecule has 0 bridgehead atoms. The van der Waals surface area contributed by atoms with Crippen molar-refractivity contribution in [2.24, 2.45) is 0 Å². The largest absolute Gasteiger partial charge is 0.394 e. The van der Waals surface area contributed by atoms with Crippen molar-refractivity contribution >= 4 is 17.2 Å². The minimum atomic E-state index is -0.00930. The lowest BCUT2D eigenvalue weighted by Crippen LogP contribution is -2.24. The number of carbonyl (C=O) groups is 1. The van der Waals surface area contributed by atoms with Gasteiger partial charge in [0.05, 0.1) is 18.1 Å². The predicted molar refractivity (Wildman–Crippen MR) is 73.3 cm³/mol. The monoisotopic (exact) mass is 271 g/mol. The minimum Gasteiger partial charge on any atom is -0.394 e. The molecule has 1 amide bonds. The molecule has 1 rings (SSSR count). The molecule has 0 fully saturated rings. The maximum Gasteiger partial charge on any atom is 0.261 e. The van der Waals surface area contributed by atoms with Crippen LogP contribution in [0, 0.1) is 6.92 Å². The smallest absolute Gasteiger partial charge is 0.261 e. The van der Waals surface area contributed by atoms with Gasteiger partial charge in [-0.25, -0.2) is 0 Å². The number of aryl methyl sites for hydroxylation is 2. The molecule has 18 heavy (non-hydrogen) atoms. The first kappa shape index (κ1) is 15.1. The molecule has 0 radical (unpaired) electrons. The van der Waals surface area contributed by atoms with E-state index in [1.807, 2.05) is 13.0 Å². The quantitative estimate of drug-likeness (QED) is 0.708. The molecule has 0 aliphatic rings.